The van der Waals surface area contributed by atoms with Gasteiger partial charge >= 0.3 is 0 Å². The van der Waals surface area contributed by atoms with Crippen LogP contribution in [0, 0.1) is 6.92 Å². The normalized spacial score (nSPS) is 15.7. The van der Waals surface area contributed by atoms with Crippen LogP contribution in [0.5, 0.6) is 5.75 Å². The van der Waals surface area contributed by atoms with Crippen molar-refractivity contribution in [2.75, 3.05) is 13.1 Å². The average molecular weight is 338 g/mol. The number of aromatic nitrogens is 3. The van der Waals surface area contributed by atoms with Gasteiger partial charge in [0.2, 0.25) is 0 Å². The Kier molecular flexibility index (Phi) is 3.95. The summed E-state index contributed by atoms with van der Waals surface area (Å²) in [5.74, 6) is 0.947. The Balaban J connectivity index is 1.40. The first kappa shape index (κ1) is 15.7. The minimum atomic E-state index is 0.0468. The number of carbonyl (C=O) groups is 1. The van der Waals surface area contributed by atoms with Gasteiger partial charge in [0.1, 0.15) is 23.1 Å². The Hall–Kier alpha value is -2.76. The lowest BCUT2D eigenvalue weighted by Crippen LogP contribution is -2.41. The van der Waals surface area contributed by atoms with E-state index in [1.165, 1.54) is 5.56 Å². The van der Waals surface area contributed by atoms with E-state index in [-0.39, 0.29) is 12.0 Å². The molecule has 6 heteroatoms. The van der Waals surface area contributed by atoms with Gasteiger partial charge in [0.25, 0.3) is 5.91 Å². The van der Waals surface area contributed by atoms with Crippen LogP contribution in [0.4, 0.5) is 0 Å². The predicted molar refractivity (Wildman–Crippen MR) is 94.9 cm³/mol. The van der Waals surface area contributed by atoms with Crippen molar-refractivity contribution in [3.8, 4) is 5.75 Å². The fourth-order valence-electron chi connectivity index (χ4n) is 3.36. The third-order valence-electron chi connectivity index (χ3n) is 4.82. The Bertz CT molecular complexity index is 886. The fourth-order valence-corrected chi connectivity index (χ4v) is 3.36. The van der Waals surface area contributed by atoms with E-state index in [2.05, 4.69) is 24.2 Å². The maximum absolute atomic E-state index is 12.8. The van der Waals surface area contributed by atoms with E-state index in [1.807, 2.05) is 41.0 Å². The summed E-state index contributed by atoms with van der Waals surface area (Å²) in [5, 5.41) is 4.26. The molecule has 4 rings (SSSR count). The highest BCUT2D eigenvalue weighted by Crippen LogP contribution is 2.21. The molecular weight excluding hydrogens is 316 g/mol. The second-order valence-electron chi connectivity index (χ2n) is 6.66. The van der Waals surface area contributed by atoms with Crippen molar-refractivity contribution in [2.24, 2.45) is 7.05 Å². The van der Waals surface area contributed by atoms with Crippen LogP contribution in [0.1, 0.15) is 28.8 Å². The molecule has 130 valence electrons. The molecule has 1 amide bonds. The highest BCUT2D eigenvalue weighted by Gasteiger charge is 2.27. The third-order valence-corrected chi connectivity index (χ3v) is 4.82. The minimum Gasteiger partial charge on any atom is -0.490 e. The highest BCUT2D eigenvalue weighted by molar-refractivity contribution is 5.99. The summed E-state index contributed by atoms with van der Waals surface area (Å²) in [4.78, 5) is 14.7. The SMILES string of the molecule is Cc1ccc(OC2CCN(C(=O)c3cnn4ccn(C)c34)CC2)cc1. The molecule has 0 N–H and O–H groups in total. The number of imidazole rings is 1. The van der Waals surface area contributed by atoms with Crippen molar-refractivity contribution in [3.05, 3.63) is 54.0 Å². The largest absolute Gasteiger partial charge is 0.490 e. The molecule has 25 heavy (non-hydrogen) atoms. The quantitative estimate of drug-likeness (QED) is 0.738. The number of ether oxygens (including phenoxy) is 1. The zero-order chi connectivity index (χ0) is 17.4. The lowest BCUT2D eigenvalue weighted by atomic mass is 10.1. The van der Waals surface area contributed by atoms with E-state index in [1.54, 1.807) is 10.7 Å². The molecule has 1 fully saturated rings. The Morgan fingerprint density at radius 1 is 1.16 bits per heavy atom. The number of piperidine rings is 1. The topological polar surface area (TPSA) is 51.8 Å². The Labute approximate surface area is 146 Å². The van der Waals surface area contributed by atoms with Gasteiger partial charge in [-0.25, -0.2) is 4.52 Å². The number of hydrogen-bond acceptors (Lipinski definition) is 3. The molecule has 0 bridgehead atoms. The molecular formula is C19H22N4O2. The van der Waals surface area contributed by atoms with Crippen molar-refractivity contribution >= 4 is 11.6 Å². The fraction of sp³-hybridized carbons (Fsp3) is 0.368. The van der Waals surface area contributed by atoms with Crippen molar-refractivity contribution in [1.29, 1.82) is 0 Å². The van der Waals surface area contributed by atoms with Gasteiger partial charge < -0.3 is 14.2 Å². The number of benzene rings is 1. The molecule has 0 atom stereocenters. The summed E-state index contributed by atoms with van der Waals surface area (Å²) in [6, 6.07) is 8.12. The Morgan fingerprint density at radius 2 is 1.88 bits per heavy atom. The maximum Gasteiger partial charge on any atom is 0.259 e. The van der Waals surface area contributed by atoms with E-state index < -0.39 is 0 Å². The zero-order valence-electron chi connectivity index (χ0n) is 14.6. The summed E-state index contributed by atoms with van der Waals surface area (Å²) in [6.45, 7) is 3.47. The van der Waals surface area contributed by atoms with Crippen molar-refractivity contribution < 1.29 is 9.53 Å². The van der Waals surface area contributed by atoms with Gasteiger partial charge in [-0.05, 0) is 19.1 Å². The van der Waals surface area contributed by atoms with Crippen molar-refractivity contribution in [2.45, 2.75) is 25.9 Å². The standard InChI is InChI=1S/C19H22N4O2/c1-14-3-5-15(6-4-14)25-16-7-9-22(10-8-16)19(24)17-13-20-23-12-11-21(2)18(17)23/h3-6,11-13,16H,7-10H2,1-2H3. The highest BCUT2D eigenvalue weighted by atomic mass is 16.5. The molecule has 0 saturated carbocycles. The zero-order valence-corrected chi connectivity index (χ0v) is 14.6. The van der Waals surface area contributed by atoms with E-state index in [0.717, 1.165) is 24.2 Å². The molecule has 3 heterocycles. The van der Waals surface area contributed by atoms with Gasteiger partial charge in [0.15, 0.2) is 0 Å². The number of fused-ring (bicyclic) bond motifs is 1. The molecule has 3 aromatic rings. The van der Waals surface area contributed by atoms with Crippen LogP contribution < -0.4 is 4.74 Å². The number of carbonyl (C=O) groups excluding carboxylic acids is 1. The van der Waals surface area contributed by atoms with Crippen LogP contribution in [-0.4, -0.2) is 44.2 Å². The van der Waals surface area contributed by atoms with Crippen LogP contribution in [0.25, 0.3) is 5.65 Å². The smallest absolute Gasteiger partial charge is 0.259 e. The molecule has 1 aromatic carbocycles. The summed E-state index contributed by atoms with van der Waals surface area (Å²) >= 11 is 0. The monoisotopic (exact) mass is 338 g/mol. The lowest BCUT2D eigenvalue weighted by Gasteiger charge is -2.32. The summed E-state index contributed by atoms with van der Waals surface area (Å²) in [7, 11) is 1.93. The first-order valence-electron chi connectivity index (χ1n) is 8.63. The van der Waals surface area contributed by atoms with Crippen LogP contribution in [0.3, 0.4) is 0 Å². The summed E-state index contributed by atoms with van der Waals surface area (Å²) in [6.07, 6.45) is 7.27. The lowest BCUT2D eigenvalue weighted by molar-refractivity contribution is 0.0597. The summed E-state index contributed by atoms with van der Waals surface area (Å²) < 4.78 is 9.71. The third kappa shape index (κ3) is 2.99. The molecule has 2 aromatic heterocycles. The number of likely N-dealkylation sites (tertiary alicyclic amines) is 1. The van der Waals surface area contributed by atoms with Crippen molar-refractivity contribution in [3.63, 3.8) is 0 Å². The van der Waals surface area contributed by atoms with Gasteiger partial charge in [-0.3, -0.25) is 4.79 Å². The average Bonchev–Trinajstić information content (AvgIpc) is 3.20. The van der Waals surface area contributed by atoms with Gasteiger partial charge in [-0.15, -0.1) is 0 Å². The molecule has 6 nitrogen and oxygen atoms in total. The van der Waals surface area contributed by atoms with E-state index >= 15 is 0 Å². The van der Waals surface area contributed by atoms with E-state index in [0.29, 0.717) is 18.7 Å². The summed E-state index contributed by atoms with van der Waals surface area (Å²) in [5.41, 5.74) is 2.72. The van der Waals surface area contributed by atoms with Crippen LogP contribution in [0.2, 0.25) is 0 Å². The molecule has 0 spiro atoms. The number of aryl methyl sites for hydroxylation is 2. The van der Waals surface area contributed by atoms with E-state index in [9.17, 15) is 4.79 Å². The maximum atomic E-state index is 12.8. The Morgan fingerprint density at radius 3 is 2.60 bits per heavy atom. The van der Waals surface area contributed by atoms with Crippen LogP contribution in [-0.2, 0) is 7.05 Å². The molecule has 0 aliphatic carbocycles. The second kappa shape index (κ2) is 6.27. The molecule has 0 unspecified atom stereocenters. The number of amides is 1. The van der Waals surface area contributed by atoms with Gasteiger partial charge in [0.05, 0.1) is 6.20 Å². The molecule has 0 radical (unpaired) electrons. The van der Waals surface area contributed by atoms with Gasteiger partial charge in [-0.1, -0.05) is 17.7 Å². The predicted octanol–water partition coefficient (Wildman–Crippen LogP) is 2.66. The first-order valence-corrected chi connectivity index (χ1v) is 8.63. The van der Waals surface area contributed by atoms with Gasteiger partial charge in [-0.2, -0.15) is 5.10 Å². The molecule has 1 saturated heterocycles. The number of rotatable bonds is 3. The van der Waals surface area contributed by atoms with Crippen molar-refractivity contribution in [1.82, 2.24) is 19.1 Å². The molecule has 1 aliphatic heterocycles. The second-order valence-corrected chi connectivity index (χ2v) is 6.66. The first-order chi connectivity index (χ1) is 12.1. The molecule has 1 aliphatic rings. The van der Waals surface area contributed by atoms with Crippen LogP contribution >= 0.6 is 0 Å². The van der Waals surface area contributed by atoms with E-state index in [4.69, 9.17) is 4.74 Å². The number of hydrogen-bond donors (Lipinski definition) is 0. The number of nitrogens with zero attached hydrogens (tertiary/aromatic N) is 4. The van der Waals surface area contributed by atoms with Crippen LogP contribution in [0.15, 0.2) is 42.9 Å². The minimum absolute atomic E-state index is 0.0468. The van der Waals surface area contributed by atoms with Gasteiger partial charge in [0, 0.05) is 45.4 Å².